The zero-order valence-electron chi connectivity index (χ0n) is 16.3. The molecule has 8 heteroatoms. The SMILES string of the molecule is Cl.O=C(CNC1CC1)N1CCCC2(CCc3c2nc(-c2cccnc2)[nH]c3=O)C1. The minimum absolute atomic E-state index is 0. The summed E-state index contributed by atoms with van der Waals surface area (Å²) in [5, 5.41) is 3.32. The van der Waals surface area contributed by atoms with Crippen molar-refractivity contribution in [1.82, 2.24) is 25.2 Å². The number of H-pyrrole nitrogens is 1. The third kappa shape index (κ3) is 3.81. The van der Waals surface area contributed by atoms with Crippen molar-refractivity contribution in [3.05, 3.63) is 46.1 Å². The fourth-order valence-corrected chi connectivity index (χ4v) is 4.66. The lowest BCUT2D eigenvalue weighted by molar-refractivity contribution is -0.132. The monoisotopic (exact) mass is 415 g/mol. The largest absolute Gasteiger partial charge is 0.341 e. The second kappa shape index (κ2) is 7.88. The number of carbonyl (C=O) groups excluding carboxylic acids is 1. The van der Waals surface area contributed by atoms with Crippen LogP contribution < -0.4 is 10.9 Å². The van der Waals surface area contributed by atoms with Gasteiger partial charge in [0.15, 0.2) is 0 Å². The van der Waals surface area contributed by atoms with Gasteiger partial charge < -0.3 is 15.2 Å². The Morgan fingerprint density at radius 1 is 1.34 bits per heavy atom. The van der Waals surface area contributed by atoms with Gasteiger partial charge in [0.1, 0.15) is 5.82 Å². The fraction of sp³-hybridized carbons (Fsp3) is 0.524. The number of amides is 1. The number of pyridine rings is 1. The van der Waals surface area contributed by atoms with E-state index in [1.54, 1.807) is 12.4 Å². The molecule has 1 atom stereocenters. The Morgan fingerprint density at radius 2 is 2.21 bits per heavy atom. The van der Waals surface area contributed by atoms with Crippen molar-refractivity contribution in [2.75, 3.05) is 19.6 Å². The molecule has 154 valence electrons. The molecule has 1 unspecified atom stereocenters. The Labute approximate surface area is 175 Å². The molecule has 0 radical (unpaired) electrons. The van der Waals surface area contributed by atoms with Gasteiger partial charge in [-0.2, -0.15) is 0 Å². The first-order valence-corrected chi connectivity index (χ1v) is 10.2. The van der Waals surface area contributed by atoms with Crippen molar-refractivity contribution in [3.63, 3.8) is 0 Å². The van der Waals surface area contributed by atoms with Crippen LogP contribution in [-0.2, 0) is 16.6 Å². The first kappa shape index (κ1) is 20.0. The number of nitrogens with one attached hydrogen (secondary N) is 2. The van der Waals surface area contributed by atoms with Gasteiger partial charge in [0.2, 0.25) is 5.91 Å². The molecule has 2 fully saturated rings. The number of aromatic nitrogens is 3. The molecule has 1 amide bonds. The lowest BCUT2D eigenvalue weighted by Gasteiger charge is -2.40. The lowest BCUT2D eigenvalue weighted by atomic mass is 9.77. The molecule has 29 heavy (non-hydrogen) atoms. The van der Waals surface area contributed by atoms with Crippen molar-refractivity contribution >= 4 is 18.3 Å². The maximum atomic E-state index is 12.7. The van der Waals surface area contributed by atoms with E-state index in [1.807, 2.05) is 17.0 Å². The van der Waals surface area contributed by atoms with Gasteiger partial charge in [0.25, 0.3) is 5.56 Å². The first-order chi connectivity index (χ1) is 13.6. The van der Waals surface area contributed by atoms with Crippen molar-refractivity contribution in [3.8, 4) is 11.4 Å². The van der Waals surface area contributed by atoms with E-state index in [0.717, 1.165) is 49.0 Å². The molecular weight excluding hydrogens is 390 g/mol. The summed E-state index contributed by atoms with van der Waals surface area (Å²) in [5.74, 6) is 0.730. The smallest absolute Gasteiger partial charge is 0.254 e. The van der Waals surface area contributed by atoms with Crippen LogP contribution in [0.2, 0.25) is 0 Å². The average molecular weight is 416 g/mol. The summed E-state index contributed by atoms with van der Waals surface area (Å²) in [7, 11) is 0. The highest BCUT2D eigenvalue weighted by atomic mass is 35.5. The van der Waals surface area contributed by atoms with Crippen molar-refractivity contribution in [1.29, 1.82) is 0 Å². The van der Waals surface area contributed by atoms with E-state index >= 15 is 0 Å². The molecule has 0 aromatic carbocycles. The van der Waals surface area contributed by atoms with Gasteiger partial charge in [0.05, 0.1) is 12.2 Å². The lowest BCUT2D eigenvalue weighted by Crippen LogP contribution is -2.50. The van der Waals surface area contributed by atoms with Crippen LogP contribution in [0.5, 0.6) is 0 Å². The van der Waals surface area contributed by atoms with Crippen molar-refractivity contribution in [2.45, 2.75) is 50.0 Å². The van der Waals surface area contributed by atoms with E-state index in [2.05, 4.69) is 15.3 Å². The van der Waals surface area contributed by atoms with Gasteiger partial charge in [-0.25, -0.2) is 4.98 Å². The predicted octanol–water partition coefficient (Wildman–Crippen LogP) is 1.81. The van der Waals surface area contributed by atoms with Crippen LogP contribution in [0.1, 0.15) is 43.4 Å². The predicted molar refractivity (Wildman–Crippen MR) is 112 cm³/mol. The highest BCUT2D eigenvalue weighted by molar-refractivity contribution is 5.85. The minimum atomic E-state index is -0.200. The Kier molecular flexibility index (Phi) is 5.44. The molecule has 2 aliphatic carbocycles. The molecule has 7 nitrogen and oxygen atoms in total. The standard InChI is InChI=1S/C21H25N5O2.ClH/c27-17(12-23-15-4-5-15)26-10-2-7-21(13-26)8-6-16-18(21)24-19(25-20(16)28)14-3-1-9-22-11-14;/h1,3,9,11,15,23H,2,4-8,10,12-13H2,(H,24,25,28);1H. The molecule has 5 rings (SSSR count). The Bertz CT molecular complexity index is 959. The molecule has 3 aliphatic rings. The third-order valence-corrected chi connectivity index (χ3v) is 6.36. The number of piperidine rings is 1. The van der Waals surface area contributed by atoms with E-state index in [9.17, 15) is 9.59 Å². The summed E-state index contributed by atoms with van der Waals surface area (Å²) in [5.41, 5.74) is 2.23. The summed E-state index contributed by atoms with van der Waals surface area (Å²) >= 11 is 0. The molecule has 1 saturated carbocycles. The maximum absolute atomic E-state index is 12.7. The number of nitrogens with zero attached hydrogens (tertiary/aromatic N) is 3. The second-order valence-corrected chi connectivity index (χ2v) is 8.34. The van der Waals surface area contributed by atoms with E-state index in [1.165, 1.54) is 12.8 Å². The van der Waals surface area contributed by atoms with Crippen LogP contribution in [0.25, 0.3) is 11.4 Å². The van der Waals surface area contributed by atoms with E-state index in [0.29, 0.717) is 25.0 Å². The van der Waals surface area contributed by atoms with Gasteiger partial charge in [-0.15, -0.1) is 12.4 Å². The number of hydrogen-bond donors (Lipinski definition) is 2. The summed E-state index contributed by atoms with van der Waals surface area (Å²) in [6, 6.07) is 4.27. The number of likely N-dealkylation sites (tertiary alicyclic amines) is 1. The molecule has 2 aromatic heterocycles. The molecule has 2 N–H and O–H groups in total. The Morgan fingerprint density at radius 3 is 2.97 bits per heavy atom. The van der Waals surface area contributed by atoms with Gasteiger partial charge in [-0.1, -0.05) is 0 Å². The number of hydrogen-bond acceptors (Lipinski definition) is 5. The molecule has 2 aromatic rings. The van der Waals surface area contributed by atoms with Gasteiger partial charge >= 0.3 is 0 Å². The molecule has 1 spiro atoms. The molecule has 1 saturated heterocycles. The highest BCUT2D eigenvalue weighted by Crippen LogP contribution is 2.43. The van der Waals surface area contributed by atoms with Crippen LogP contribution in [0.4, 0.5) is 0 Å². The zero-order valence-corrected chi connectivity index (χ0v) is 17.1. The van der Waals surface area contributed by atoms with E-state index in [-0.39, 0.29) is 29.3 Å². The van der Waals surface area contributed by atoms with E-state index in [4.69, 9.17) is 4.98 Å². The van der Waals surface area contributed by atoms with Crippen LogP contribution in [0, 0.1) is 0 Å². The van der Waals surface area contributed by atoms with Crippen LogP contribution in [0.15, 0.2) is 29.3 Å². The normalized spacial score (nSPS) is 23.0. The summed E-state index contributed by atoms with van der Waals surface area (Å²) in [4.78, 5) is 39.4. The second-order valence-electron chi connectivity index (χ2n) is 8.34. The van der Waals surface area contributed by atoms with E-state index < -0.39 is 0 Å². The molecular formula is C21H26ClN5O2. The van der Waals surface area contributed by atoms with Crippen molar-refractivity contribution in [2.24, 2.45) is 0 Å². The third-order valence-electron chi connectivity index (χ3n) is 6.36. The number of halogens is 1. The van der Waals surface area contributed by atoms with Crippen LogP contribution in [-0.4, -0.2) is 51.4 Å². The highest BCUT2D eigenvalue weighted by Gasteiger charge is 2.45. The number of carbonyl (C=O) groups is 1. The van der Waals surface area contributed by atoms with Gasteiger partial charge in [-0.3, -0.25) is 14.6 Å². The number of aromatic amines is 1. The number of fused-ring (bicyclic) bond motifs is 2. The summed E-state index contributed by atoms with van der Waals surface area (Å²) in [6.07, 6.45) is 9.31. The molecule has 0 bridgehead atoms. The van der Waals surface area contributed by atoms with Crippen LogP contribution >= 0.6 is 12.4 Å². The van der Waals surface area contributed by atoms with Crippen LogP contribution in [0.3, 0.4) is 0 Å². The van der Waals surface area contributed by atoms with Crippen molar-refractivity contribution < 1.29 is 4.79 Å². The Hall–Kier alpha value is -2.25. The minimum Gasteiger partial charge on any atom is -0.341 e. The zero-order chi connectivity index (χ0) is 19.1. The molecule has 3 heterocycles. The Balaban J connectivity index is 0.00000205. The molecule has 1 aliphatic heterocycles. The van der Waals surface area contributed by atoms with Gasteiger partial charge in [0, 0.05) is 48.1 Å². The number of rotatable bonds is 4. The summed E-state index contributed by atoms with van der Waals surface area (Å²) in [6.45, 7) is 1.87. The van der Waals surface area contributed by atoms with Gasteiger partial charge in [-0.05, 0) is 50.7 Å². The fourth-order valence-electron chi connectivity index (χ4n) is 4.66. The maximum Gasteiger partial charge on any atom is 0.254 e. The quantitative estimate of drug-likeness (QED) is 0.794. The first-order valence-electron chi connectivity index (χ1n) is 10.2. The summed E-state index contributed by atoms with van der Waals surface area (Å²) < 4.78 is 0. The average Bonchev–Trinajstić information content (AvgIpc) is 3.50. The topological polar surface area (TPSA) is 91.0 Å².